The fourth-order valence-electron chi connectivity index (χ4n) is 3.84. The van der Waals surface area contributed by atoms with E-state index < -0.39 is 5.66 Å². The summed E-state index contributed by atoms with van der Waals surface area (Å²) >= 11 is 6.66. The van der Waals surface area contributed by atoms with Crippen molar-refractivity contribution in [2.45, 2.75) is 30.8 Å². The third-order valence-corrected chi connectivity index (χ3v) is 5.34. The second-order valence-corrected chi connectivity index (χ2v) is 7.22. The zero-order chi connectivity index (χ0) is 17.3. The van der Waals surface area contributed by atoms with Gasteiger partial charge < -0.3 is 4.90 Å². The first-order valence-corrected chi connectivity index (χ1v) is 9.03. The molecule has 25 heavy (non-hydrogen) atoms. The molecule has 0 spiro atoms. The maximum Gasteiger partial charge on any atom is 0.163 e. The number of nitrogens with zero attached hydrogens (tertiary/aromatic N) is 4. The molecule has 0 N–H and O–H groups in total. The minimum atomic E-state index is -0.476. The number of alkyl halides is 1. The third-order valence-electron chi connectivity index (χ3n) is 4.97. The Bertz CT molecular complexity index is 834. The molecule has 5 heteroatoms. The van der Waals surface area contributed by atoms with E-state index >= 15 is 0 Å². The smallest absolute Gasteiger partial charge is 0.163 e. The highest BCUT2D eigenvalue weighted by Gasteiger charge is 2.46. The van der Waals surface area contributed by atoms with Crippen molar-refractivity contribution in [3.8, 4) is 0 Å². The first-order chi connectivity index (χ1) is 12.2. The predicted octanol–water partition coefficient (Wildman–Crippen LogP) is 4.20. The van der Waals surface area contributed by atoms with Gasteiger partial charge in [-0.1, -0.05) is 42.5 Å². The van der Waals surface area contributed by atoms with E-state index in [-0.39, 0.29) is 5.38 Å². The van der Waals surface area contributed by atoms with Gasteiger partial charge >= 0.3 is 0 Å². The van der Waals surface area contributed by atoms with Crippen LogP contribution in [0.2, 0.25) is 0 Å². The molecule has 0 radical (unpaired) electrons. The summed E-state index contributed by atoms with van der Waals surface area (Å²) in [5.41, 5.74) is 3.12. The first-order valence-electron chi connectivity index (χ1n) is 8.59. The van der Waals surface area contributed by atoms with Crippen molar-refractivity contribution in [2.75, 3.05) is 11.4 Å². The average molecular weight is 353 g/mol. The molecule has 2 heterocycles. The lowest BCUT2D eigenvalue weighted by Crippen LogP contribution is -2.57. The number of hydrogen-bond acceptors (Lipinski definition) is 3. The summed E-state index contributed by atoms with van der Waals surface area (Å²) in [4.78, 5) is 6.64. The largest absolute Gasteiger partial charge is 0.343 e. The van der Waals surface area contributed by atoms with Crippen LogP contribution < -0.4 is 4.90 Å². The van der Waals surface area contributed by atoms with E-state index in [2.05, 4.69) is 70.4 Å². The average Bonchev–Trinajstić information content (AvgIpc) is 3.17. The summed E-state index contributed by atoms with van der Waals surface area (Å²) < 4.78 is 1.96. The fourth-order valence-corrected chi connectivity index (χ4v) is 4.15. The lowest BCUT2D eigenvalue weighted by Gasteiger charge is -2.50. The van der Waals surface area contributed by atoms with Gasteiger partial charge in [-0.2, -0.15) is 5.10 Å². The van der Waals surface area contributed by atoms with E-state index in [1.165, 1.54) is 16.8 Å². The van der Waals surface area contributed by atoms with Gasteiger partial charge in [0.1, 0.15) is 12.7 Å². The molecule has 2 aromatic carbocycles. The van der Waals surface area contributed by atoms with Crippen molar-refractivity contribution in [1.82, 2.24) is 14.8 Å². The molecule has 128 valence electrons. The number of benzene rings is 2. The van der Waals surface area contributed by atoms with Gasteiger partial charge in [-0.3, -0.25) is 0 Å². The topological polar surface area (TPSA) is 34.0 Å². The van der Waals surface area contributed by atoms with Crippen LogP contribution in [0.5, 0.6) is 0 Å². The molecule has 0 amide bonds. The lowest BCUT2D eigenvalue weighted by molar-refractivity contribution is 0.243. The molecule has 4 rings (SSSR count). The van der Waals surface area contributed by atoms with E-state index in [0.717, 1.165) is 19.4 Å². The molecule has 0 saturated carbocycles. The van der Waals surface area contributed by atoms with Crippen LogP contribution in [0.15, 0.2) is 67.3 Å². The maximum absolute atomic E-state index is 6.66. The summed E-state index contributed by atoms with van der Waals surface area (Å²) in [6.07, 6.45) is 5.11. The van der Waals surface area contributed by atoms with Crippen LogP contribution in [-0.4, -0.2) is 26.7 Å². The van der Waals surface area contributed by atoms with Crippen LogP contribution >= 0.6 is 11.6 Å². The van der Waals surface area contributed by atoms with Crippen LogP contribution in [-0.2, 0) is 5.66 Å². The van der Waals surface area contributed by atoms with Crippen molar-refractivity contribution in [1.29, 1.82) is 0 Å². The van der Waals surface area contributed by atoms with Gasteiger partial charge in [0.25, 0.3) is 0 Å². The molecule has 0 aliphatic carbocycles. The highest BCUT2D eigenvalue weighted by Crippen LogP contribution is 2.43. The molecule has 2 atom stereocenters. The Morgan fingerprint density at radius 2 is 1.96 bits per heavy atom. The van der Waals surface area contributed by atoms with Crippen molar-refractivity contribution in [3.05, 3.63) is 78.4 Å². The molecule has 1 fully saturated rings. The van der Waals surface area contributed by atoms with Gasteiger partial charge in [-0.25, -0.2) is 9.67 Å². The molecule has 1 aliphatic rings. The number of aryl methyl sites for hydroxylation is 1. The standard InChI is InChI=1S/C20H21ClN4/c1-16-6-5-9-19(12-16)24-11-10-18(21)13-20(24,25-15-22-14-23-25)17-7-3-2-4-8-17/h2-9,12,14-15,18H,10-11,13H2,1H3. The summed E-state index contributed by atoms with van der Waals surface area (Å²) in [7, 11) is 0. The SMILES string of the molecule is Cc1cccc(N2CCC(Cl)CC2(c2ccccc2)n2cncn2)c1. The van der Waals surface area contributed by atoms with Crippen LogP contribution in [0, 0.1) is 6.92 Å². The zero-order valence-electron chi connectivity index (χ0n) is 14.2. The van der Waals surface area contributed by atoms with Gasteiger partial charge in [-0.05, 0) is 36.6 Å². The Morgan fingerprint density at radius 1 is 1.12 bits per heavy atom. The van der Waals surface area contributed by atoms with E-state index in [9.17, 15) is 0 Å². The van der Waals surface area contributed by atoms with E-state index in [0.29, 0.717) is 0 Å². The molecule has 1 aromatic heterocycles. The lowest BCUT2D eigenvalue weighted by atomic mass is 9.87. The van der Waals surface area contributed by atoms with Gasteiger partial charge in [0.2, 0.25) is 0 Å². The molecule has 4 nitrogen and oxygen atoms in total. The quantitative estimate of drug-likeness (QED) is 0.662. The number of hydrogen-bond donors (Lipinski definition) is 0. The third kappa shape index (κ3) is 2.81. The summed E-state index contributed by atoms with van der Waals surface area (Å²) in [6, 6.07) is 19.1. The van der Waals surface area contributed by atoms with E-state index in [1.54, 1.807) is 12.7 Å². The van der Waals surface area contributed by atoms with Crippen LogP contribution in [0.4, 0.5) is 5.69 Å². The van der Waals surface area contributed by atoms with Crippen LogP contribution in [0.1, 0.15) is 24.0 Å². The number of aromatic nitrogens is 3. The van der Waals surface area contributed by atoms with E-state index in [1.807, 2.05) is 10.7 Å². The normalized spacial score (nSPS) is 23.6. The zero-order valence-corrected chi connectivity index (χ0v) is 15.0. The number of anilines is 1. The molecule has 1 aliphatic heterocycles. The Hall–Kier alpha value is -2.33. The summed E-state index contributed by atoms with van der Waals surface area (Å²) in [5, 5.41) is 4.61. The molecular formula is C20H21ClN4. The molecule has 0 bridgehead atoms. The Balaban J connectivity index is 1.94. The van der Waals surface area contributed by atoms with Crippen LogP contribution in [0.25, 0.3) is 0 Å². The minimum absolute atomic E-state index is 0.0884. The second-order valence-electron chi connectivity index (χ2n) is 6.60. The van der Waals surface area contributed by atoms with Crippen LogP contribution in [0.3, 0.4) is 0 Å². The maximum atomic E-state index is 6.66. The number of rotatable bonds is 3. The Labute approximate surface area is 153 Å². The highest BCUT2D eigenvalue weighted by atomic mass is 35.5. The van der Waals surface area contributed by atoms with Gasteiger partial charge in [-0.15, -0.1) is 11.6 Å². The predicted molar refractivity (Wildman–Crippen MR) is 101 cm³/mol. The van der Waals surface area contributed by atoms with E-state index in [4.69, 9.17) is 11.6 Å². The van der Waals surface area contributed by atoms with Gasteiger partial charge in [0.15, 0.2) is 5.66 Å². The minimum Gasteiger partial charge on any atom is -0.343 e. The number of piperidine rings is 1. The first kappa shape index (κ1) is 16.2. The molecule has 1 saturated heterocycles. The number of halogens is 1. The van der Waals surface area contributed by atoms with Crippen molar-refractivity contribution in [2.24, 2.45) is 0 Å². The Kier molecular flexibility index (Phi) is 4.22. The van der Waals surface area contributed by atoms with Crippen molar-refractivity contribution >= 4 is 17.3 Å². The van der Waals surface area contributed by atoms with Gasteiger partial charge in [0.05, 0.1) is 0 Å². The molecular weight excluding hydrogens is 332 g/mol. The fraction of sp³-hybridized carbons (Fsp3) is 0.300. The summed E-state index contributed by atoms with van der Waals surface area (Å²) in [5.74, 6) is 0. The monoisotopic (exact) mass is 352 g/mol. The van der Waals surface area contributed by atoms with Crippen molar-refractivity contribution < 1.29 is 0 Å². The second kappa shape index (κ2) is 6.52. The molecule has 2 unspecified atom stereocenters. The van der Waals surface area contributed by atoms with Crippen molar-refractivity contribution in [3.63, 3.8) is 0 Å². The molecule has 3 aromatic rings. The summed E-state index contributed by atoms with van der Waals surface area (Å²) in [6.45, 7) is 2.99. The highest BCUT2D eigenvalue weighted by molar-refractivity contribution is 6.20. The Morgan fingerprint density at radius 3 is 2.68 bits per heavy atom. The van der Waals surface area contributed by atoms with Gasteiger partial charge in [0, 0.05) is 24.0 Å².